The summed E-state index contributed by atoms with van der Waals surface area (Å²) in [6, 6.07) is 21.6. The molecule has 0 aliphatic carbocycles. The summed E-state index contributed by atoms with van der Waals surface area (Å²) in [5, 5.41) is 3.30. The minimum absolute atomic E-state index is 0.195. The van der Waals surface area contributed by atoms with Crippen LogP contribution in [-0.4, -0.2) is 22.6 Å². The Balaban J connectivity index is 1.64. The molecule has 3 aromatic carbocycles. The number of hydrogen-bond acceptors (Lipinski definition) is 4. The molecule has 7 heteroatoms. The Bertz CT molecular complexity index is 1330. The molecule has 0 radical (unpaired) electrons. The van der Waals surface area contributed by atoms with E-state index in [0.717, 1.165) is 5.56 Å². The highest BCUT2D eigenvalue weighted by atomic mass is 32.1. The highest BCUT2D eigenvalue weighted by Gasteiger charge is 2.11. The highest BCUT2D eigenvalue weighted by molar-refractivity contribution is 7.71. The Hall–Kier alpha value is -3.71. The van der Waals surface area contributed by atoms with Crippen LogP contribution in [0, 0.1) is 4.77 Å². The van der Waals surface area contributed by atoms with E-state index in [1.165, 1.54) is 4.57 Å². The Morgan fingerprint density at radius 2 is 1.80 bits per heavy atom. The maximum atomic E-state index is 13.0. The standard InChI is InChI=1S/C23H19N3O3S/c1-29-18-10-8-17(9-11-18)24-21(27)16-7-12-19-20(13-16)25-23(30)26(22(19)28)14-15-5-3-2-4-6-15/h2-13H,14H2,1H3,(H,24,27)(H,25,30). The maximum absolute atomic E-state index is 13.0. The lowest BCUT2D eigenvalue weighted by Crippen LogP contribution is -2.23. The zero-order valence-electron chi connectivity index (χ0n) is 16.2. The van der Waals surface area contributed by atoms with Crippen molar-refractivity contribution >= 4 is 34.7 Å². The van der Waals surface area contributed by atoms with Crippen molar-refractivity contribution < 1.29 is 9.53 Å². The average molecular weight is 417 g/mol. The number of benzene rings is 3. The van der Waals surface area contributed by atoms with Gasteiger partial charge in [0, 0.05) is 11.3 Å². The third-order valence-corrected chi connectivity index (χ3v) is 5.10. The highest BCUT2D eigenvalue weighted by Crippen LogP contribution is 2.17. The number of amides is 1. The minimum atomic E-state index is -0.283. The summed E-state index contributed by atoms with van der Waals surface area (Å²) in [4.78, 5) is 28.6. The Labute approximate surface area is 177 Å². The molecule has 1 heterocycles. The van der Waals surface area contributed by atoms with Crippen LogP contribution in [0.1, 0.15) is 15.9 Å². The van der Waals surface area contributed by atoms with E-state index in [2.05, 4.69) is 10.3 Å². The van der Waals surface area contributed by atoms with Gasteiger partial charge >= 0.3 is 0 Å². The molecule has 150 valence electrons. The summed E-state index contributed by atoms with van der Waals surface area (Å²) in [6.07, 6.45) is 0. The molecule has 0 saturated carbocycles. The number of ether oxygens (including phenoxy) is 1. The molecule has 0 aliphatic heterocycles. The molecule has 0 spiro atoms. The molecule has 0 unspecified atom stereocenters. The molecular weight excluding hydrogens is 398 g/mol. The van der Waals surface area contributed by atoms with Gasteiger partial charge in [-0.05, 0) is 60.2 Å². The lowest BCUT2D eigenvalue weighted by Gasteiger charge is -2.10. The molecule has 0 atom stereocenters. The predicted molar refractivity (Wildman–Crippen MR) is 120 cm³/mol. The zero-order valence-corrected chi connectivity index (χ0v) is 17.0. The lowest BCUT2D eigenvalue weighted by molar-refractivity contribution is 0.102. The number of hydrogen-bond donors (Lipinski definition) is 2. The van der Waals surface area contributed by atoms with E-state index >= 15 is 0 Å². The first-order valence-corrected chi connectivity index (χ1v) is 9.72. The number of anilines is 1. The summed E-state index contributed by atoms with van der Waals surface area (Å²) in [6.45, 7) is 0.380. The van der Waals surface area contributed by atoms with Crippen LogP contribution in [0.25, 0.3) is 10.9 Å². The quantitative estimate of drug-likeness (QED) is 0.473. The molecule has 4 rings (SSSR count). The fourth-order valence-corrected chi connectivity index (χ4v) is 3.44. The number of carbonyl (C=O) groups is 1. The molecule has 1 aromatic heterocycles. The fourth-order valence-electron chi connectivity index (χ4n) is 3.18. The van der Waals surface area contributed by atoms with Crippen molar-refractivity contribution in [3.05, 3.63) is 99.0 Å². The van der Waals surface area contributed by atoms with Crippen molar-refractivity contribution in [3.8, 4) is 5.75 Å². The van der Waals surface area contributed by atoms with Crippen LogP contribution < -0.4 is 15.6 Å². The van der Waals surface area contributed by atoms with Gasteiger partial charge in [0.15, 0.2) is 4.77 Å². The van der Waals surface area contributed by atoms with Gasteiger partial charge in [-0.3, -0.25) is 14.2 Å². The van der Waals surface area contributed by atoms with Crippen molar-refractivity contribution in [1.82, 2.24) is 9.55 Å². The number of fused-ring (bicyclic) bond motifs is 1. The Kier molecular flexibility index (Phi) is 5.45. The van der Waals surface area contributed by atoms with Crippen molar-refractivity contribution in [3.63, 3.8) is 0 Å². The predicted octanol–water partition coefficient (Wildman–Crippen LogP) is 4.37. The summed E-state index contributed by atoms with van der Waals surface area (Å²) in [5.41, 5.74) is 2.38. The van der Waals surface area contributed by atoms with Crippen LogP contribution in [-0.2, 0) is 6.54 Å². The molecule has 2 N–H and O–H groups in total. The second-order valence-electron chi connectivity index (χ2n) is 6.75. The maximum Gasteiger partial charge on any atom is 0.262 e. The van der Waals surface area contributed by atoms with Gasteiger partial charge in [-0.25, -0.2) is 0 Å². The first-order chi connectivity index (χ1) is 14.5. The number of nitrogens with zero attached hydrogens (tertiary/aromatic N) is 1. The van der Waals surface area contributed by atoms with Crippen LogP contribution in [0.4, 0.5) is 5.69 Å². The van der Waals surface area contributed by atoms with Crippen molar-refractivity contribution in [2.24, 2.45) is 0 Å². The second-order valence-corrected chi connectivity index (χ2v) is 7.14. The van der Waals surface area contributed by atoms with E-state index in [0.29, 0.717) is 39.2 Å². The number of aromatic nitrogens is 2. The Morgan fingerprint density at radius 3 is 2.50 bits per heavy atom. The van der Waals surface area contributed by atoms with Gasteiger partial charge in [0.05, 0.1) is 24.6 Å². The van der Waals surface area contributed by atoms with E-state index in [9.17, 15) is 9.59 Å². The number of methoxy groups -OCH3 is 1. The van der Waals surface area contributed by atoms with Gasteiger partial charge in [-0.2, -0.15) is 0 Å². The van der Waals surface area contributed by atoms with Gasteiger partial charge in [0.1, 0.15) is 5.75 Å². The number of carbonyl (C=O) groups excluding carboxylic acids is 1. The molecule has 0 saturated heterocycles. The van der Waals surface area contributed by atoms with Crippen LogP contribution in [0.15, 0.2) is 77.6 Å². The summed E-state index contributed by atoms with van der Waals surface area (Å²) in [7, 11) is 1.58. The number of nitrogens with one attached hydrogen (secondary N) is 2. The van der Waals surface area contributed by atoms with Gasteiger partial charge in [-0.1, -0.05) is 30.3 Å². The van der Waals surface area contributed by atoms with Crippen molar-refractivity contribution in [2.45, 2.75) is 6.54 Å². The topological polar surface area (TPSA) is 76.1 Å². The summed E-state index contributed by atoms with van der Waals surface area (Å²) >= 11 is 5.40. The minimum Gasteiger partial charge on any atom is -0.497 e. The summed E-state index contributed by atoms with van der Waals surface area (Å²) in [5.74, 6) is 0.424. The molecule has 0 fully saturated rings. The van der Waals surface area contributed by atoms with E-state index in [1.54, 1.807) is 49.6 Å². The molecule has 6 nitrogen and oxygen atoms in total. The van der Waals surface area contributed by atoms with Crippen LogP contribution in [0.5, 0.6) is 5.75 Å². The third-order valence-electron chi connectivity index (χ3n) is 4.78. The van der Waals surface area contributed by atoms with Gasteiger partial charge in [0.25, 0.3) is 11.5 Å². The number of aromatic amines is 1. The fraction of sp³-hybridized carbons (Fsp3) is 0.0870. The summed E-state index contributed by atoms with van der Waals surface area (Å²) < 4.78 is 6.95. The van der Waals surface area contributed by atoms with Crippen LogP contribution >= 0.6 is 12.2 Å². The van der Waals surface area contributed by atoms with E-state index < -0.39 is 0 Å². The SMILES string of the molecule is COc1ccc(NC(=O)c2ccc3c(=O)n(Cc4ccccc4)c(=S)[nH]c3c2)cc1. The van der Waals surface area contributed by atoms with Crippen molar-refractivity contribution in [1.29, 1.82) is 0 Å². The molecule has 0 aliphatic rings. The van der Waals surface area contributed by atoms with E-state index in [1.807, 2.05) is 30.3 Å². The molecule has 1 amide bonds. The van der Waals surface area contributed by atoms with E-state index in [-0.39, 0.29) is 11.5 Å². The zero-order chi connectivity index (χ0) is 21.1. The van der Waals surface area contributed by atoms with Crippen LogP contribution in [0.3, 0.4) is 0 Å². The largest absolute Gasteiger partial charge is 0.497 e. The number of H-pyrrole nitrogens is 1. The number of rotatable bonds is 5. The Morgan fingerprint density at radius 1 is 1.07 bits per heavy atom. The van der Waals surface area contributed by atoms with Gasteiger partial charge in [0.2, 0.25) is 0 Å². The smallest absolute Gasteiger partial charge is 0.262 e. The first kappa shape index (κ1) is 19.6. The van der Waals surface area contributed by atoms with Gasteiger partial charge < -0.3 is 15.0 Å². The molecular formula is C23H19N3O3S. The average Bonchev–Trinajstić information content (AvgIpc) is 2.77. The lowest BCUT2D eigenvalue weighted by atomic mass is 10.1. The monoisotopic (exact) mass is 417 g/mol. The third kappa shape index (κ3) is 4.01. The van der Waals surface area contributed by atoms with Gasteiger partial charge in [-0.15, -0.1) is 0 Å². The molecule has 30 heavy (non-hydrogen) atoms. The first-order valence-electron chi connectivity index (χ1n) is 9.31. The second kappa shape index (κ2) is 8.34. The van der Waals surface area contributed by atoms with Crippen molar-refractivity contribution in [2.75, 3.05) is 12.4 Å². The normalized spacial score (nSPS) is 10.7. The van der Waals surface area contributed by atoms with E-state index in [4.69, 9.17) is 17.0 Å². The van der Waals surface area contributed by atoms with Crippen LogP contribution in [0.2, 0.25) is 0 Å². The molecule has 0 bridgehead atoms. The molecule has 4 aromatic rings.